The molecule has 0 aliphatic heterocycles. The number of benzene rings is 1. The van der Waals surface area contributed by atoms with Crippen LogP contribution in [0.5, 0.6) is 11.5 Å². The van der Waals surface area contributed by atoms with Crippen molar-refractivity contribution in [1.29, 1.82) is 0 Å². The average molecular weight is 252 g/mol. The first kappa shape index (κ1) is 14.4. The Morgan fingerprint density at radius 2 is 1.89 bits per heavy atom. The van der Waals surface area contributed by atoms with Crippen LogP contribution in [0.2, 0.25) is 0 Å². The Kier molecular flexibility index (Phi) is 6.05. The summed E-state index contributed by atoms with van der Waals surface area (Å²) in [5, 5.41) is 0. The fourth-order valence-corrected chi connectivity index (χ4v) is 1.63. The molecule has 1 aromatic rings. The van der Waals surface area contributed by atoms with Crippen LogP contribution in [0.25, 0.3) is 0 Å². The Morgan fingerprint density at radius 3 is 2.50 bits per heavy atom. The van der Waals surface area contributed by atoms with Gasteiger partial charge in [-0.3, -0.25) is 4.79 Å². The Hall–Kier alpha value is -1.71. The van der Waals surface area contributed by atoms with Gasteiger partial charge in [-0.15, -0.1) is 0 Å². The monoisotopic (exact) mass is 252 g/mol. The Balaban J connectivity index is 2.78. The zero-order chi connectivity index (χ0) is 13.4. The van der Waals surface area contributed by atoms with Crippen molar-refractivity contribution < 1.29 is 19.0 Å². The molecule has 4 nitrogen and oxygen atoms in total. The topological polar surface area (TPSA) is 44.8 Å². The number of carbonyl (C=O) groups is 1. The van der Waals surface area contributed by atoms with Crippen molar-refractivity contribution >= 4 is 5.97 Å². The van der Waals surface area contributed by atoms with E-state index in [1.54, 1.807) is 0 Å². The van der Waals surface area contributed by atoms with Crippen LogP contribution in [-0.4, -0.2) is 26.3 Å². The van der Waals surface area contributed by atoms with Crippen LogP contribution in [0.15, 0.2) is 18.2 Å². The standard InChI is InChI=1S/C14H20O4/c1-4-17-12-8-6-11(7-9-14(15)16-3)13(10-12)18-5-2/h6,8,10H,4-5,7,9H2,1-3H3. The van der Waals surface area contributed by atoms with E-state index in [9.17, 15) is 4.79 Å². The molecule has 0 aliphatic rings. The van der Waals surface area contributed by atoms with Crippen molar-refractivity contribution in [1.82, 2.24) is 0 Å². The van der Waals surface area contributed by atoms with E-state index in [4.69, 9.17) is 9.47 Å². The van der Waals surface area contributed by atoms with Gasteiger partial charge >= 0.3 is 5.97 Å². The van der Waals surface area contributed by atoms with Crippen LogP contribution >= 0.6 is 0 Å². The summed E-state index contributed by atoms with van der Waals surface area (Å²) in [4.78, 5) is 11.1. The highest BCUT2D eigenvalue weighted by Gasteiger charge is 2.08. The van der Waals surface area contributed by atoms with Gasteiger partial charge in [0.05, 0.1) is 20.3 Å². The zero-order valence-corrected chi connectivity index (χ0v) is 11.2. The normalized spacial score (nSPS) is 9.94. The molecule has 100 valence electrons. The third kappa shape index (κ3) is 4.28. The summed E-state index contributed by atoms with van der Waals surface area (Å²) in [5.74, 6) is 1.33. The lowest BCUT2D eigenvalue weighted by atomic mass is 10.1. The largest absolute Gasteiger partial charge is 0.494 e. The predicted octanol–water partition coefficient (Wildman–Crippen LogP) is 2.59. The van der Waals surface area contributed by atoms with Gasteiger partial charge in [-0.1, -0.05) is 6.07 Å². The minimum atomic E-state index is -0.216. The van der Waals surface area contributed by atoms with Gasteiger partial charge in [-0.05, 0) is 31.9 Å². The fraction of sp³-hybridized carbons (Fsp3) is 0.500. The SMILES string of the molecule is CCOc1ccc(CCC(=O)OC)c(OCC)c1. The first-order valence-corrected chi connectivity index (χ1v) is 6.16. The number of carbonyl (C=O) groups excluding carboxylic acids is 1. The van der Waals surface area contributed by atoms with Gasteiger partial charge in [0.15, 0.2) is 0 Å². The smallest absolute Gasteiger partial charge is 0.305 e. The van der Waals surface area contributed by atoms with E-state index in [0.29, 0.717) is 26.1 Å². The van der Waals surface area contributed by atoms with Crippen LogP contribution in [0.3, 0.4) is 0 Å². The average Bonchev–Trinajstić information content (AvgIpc) is 2.38. The molecule has 4 heteroatoms. The van der Waals surface area contributed by atoms with Crippen LogP contribution in [0.4, 0.5) is 0 Å². The van der Waals surface area contributed by atoms with Crippen molar-refractivity contribution in [3.63, 3.8) is 0 Å². The summed E-state index contributed by atoms with van der Waals surface area (Å²) in [5.41, 5.74) is 0.991. The molecule has 18 heavy (non-hydrogen) atoms. The third-order valence-electron chi connectivity index (χ3n) is 2.48. The van der Waals surface area contributed by atoms with Gasteiger partial charge in [-0.2, -0.15) is 0 Å². The molecule has 0 heterocycles. The Bertz CT molecular complexity index is 387. The molecule has 0 amide bonds. The van der Waals surface area contributed by atoms with E-state index >= 15 is 0 Å². The van der Waals surface area contributed by atoms with Gasteiger partial charge < -0.3 is 14.2 Å². The quantitative estimate of drug-likeness (QED) is 0.700. The van der Waals surface area contributed by atoms with Crippen molar-refractivity contribution in [2.45, 2.75) is 26.7 Å². The molecule has 0 saturated carbocycles. The second-order valence-corrected chi connectivity index (χ2v) is 3.71. The molecule has 0 spiro atoms. The molecule has 0 saturated heterocycles. The first-order valence-electron chi connectivity index (χ1n) is 6.16. The number of hydrogen-bond acceptors (Lipinski definition) is 4. The van der Waals surface area contributed by atoms with E-state index < -0.39 is 0 Å². The highest BCUT2D eigenvalue weighted by Crippen LogP contribution is 2.26. The second kappa shape index (κ2) is 7.58. The minimum absolute atomic E-state index is 0.216. The number of methoxy groups -OCH3 is 1. The second-order valence-electron chi connectivity index (χ2n) is 3.71. The molecular formula is C14H20O4. The molecule has 1 aromatic carbocycles. The summed E-state index contributed by atoms with van der Waals surface area (Å²) < 4.78 is 15.6. The van der Waals surface area contributed by atoms with E-state index in [1.807, 2.05) is 32.0 Å². The van der Waals surface area contributed by atoms with Crippen molar-refractivity contribution in [2.75, 3.05) is 20.3 Å². The van der Waals surface area contributed by atoms with E-state index in [0.717, 1.165) is 17.1 Å². The van der Waals surface area contributed by atoms with Crippen LogP contribution < -0.4 is 9.47 Å². The Morgan fingerprint density at radius 1 is 1.17 bits per heavy atom. The number of aryl methyl sites for hydroxylation is 1. The maximum Gasteiger partial charge on any atom is 0.305 e. The van der Waals surface area contributed by atoms with E-state index in [1.165, 1.54) is 7.11 Å². The highest BCUT2D eigenvalue weighted by molar-refractivity contribution is 5.69. The molecule has 0 unspecified atom stereocenters. The van der Waals surface area contributed by atoms with Crippen molar-refractivity contribution in [3.05, 3.63) is 23.8 Å². The summed E-state index contributed by atoms with van der Waals surface area (Å²) in [6.45, 7) is 5.07. The molecule has 0 bridgehead atoms. The van der Waals surface area contributed by atoms with Crippen molar-refractivity contribution in [2.24, 2.45) is 0 Å². The Labute approximate surface area is 108 Å². The molecule has 0 fully saturated rings. The third-order valence-corrected chi connectivity index (χ3v) is 2.48. The maximum absolute atomic E-state index is 11.1. The van der Waals surface area contributed by atoms with Gasteiger partial charge in [-0.25, -0.2) is 0 Å². The van der Waals surface area contributed by atoms with E-state index in [-0.39, 0.29) is 5.97 Å². The molecule has 0 aromatic heterocycles. The fourth-order valence-electron chi connectivity index (χ4n) is 1.63. The summed E-state index contributed by atoms with van der Waals surface area (Å²) >= 11 is 0. The number of hydrogen-bond donors (Lipinski definition) is 0. The highest BCUT2D eigenvalue weighted by atomic mass is 16.5. The number of rotatable bonds is 7. The molecule has 0 aliphatic carbocycles. The van der Waals surface area contributed by atoms with Crippen LogP contribution in [0.1, 0.15) is 25.8 Å². The zero-order valence-electron chi connectivity index (χ0n) is 11.2. The van der Waals surface area contributed by atoms with E-state index in [2.05, 4.69) is 4.74 Å². The first-order chi connectivity index (χ1) is 8.71. The van der Waals surface area contributed by atoms with Crippen LogP contribution in [-0.2, 0) is 16.0 Å². The van der Waals surface area contributed by atoms with Crippen LogP contribution in [0, 0.1) is 0 Å². The molecule has 0 N–H and O–H groups in total. The number of esters is 1. The lowest BCUT2D eigenvalue weighted by Crippen LogP contribution is -2.04. The summed E-state index contributed by atoms with van der Waals surface area (Å²) in [6, 6.07) is 5.68. The van der Waals surface area contributed by atoms with Gasteiger partial charge in [0, 0.05) is 12.5 Å². The van der Waals surface area contributed by atoms with Gasteiger partial charge in [0.25, 0.3) is 0 Å². The van der Waals surface area contributed by atoms with Crippen molar-refractivity contribution in [3.8, 4) is 11.5 Å². The minimum Gasteiger partial charge on any atom is -0.494 e. The van der Waals surface area contributed by atoms with Gasteiger partial charge in [0.1, 0.15) is 11.5 Å². The number of ether oxygens (including phenoxy) is 3. The lowest BCUT2D eigenvalue weighted by Gasteiger charge is -2.12. The lowest BCUT2D eigenvalue weighted by molar-refractivity contribution is -0.140. The van der Waals surface area contributed by atoms with Gasteiger partial charge in [0.2, 0.25) is 0 Å². The maximum atomic E-state index is 11.1. The summed E-state index contributed by atoms with van der Waals surface area (Å²) in [7, 11) is 1.39. The predicted molar refractivity (Wildman–Crippen MR) is 69.1 cm³/mol. The molecule has 0 radical (unpaired) electrons. The summed E-state index contributed by atoms with van der Waals surface area (Å²) in [6.07, 6.45) is 0.957. The molecular weight excluding hydrogens is 232 g/mol. The molecule has 0 atom stereocenters. The molecule has 1 rings (SSSR count).